The fraction of sp³-hybridized carbons (Fsp3) is 0.643. The lowest BCUT2D eigenvalue weighted by Crippen LogP contribution is -2.21. The summed E-state index contributed by atoms with van der Waals surface area (Å²) >= 11 is 0. The minimum atomic E-state index is 0.474. The molecule has 0 saturated carbocycles. The molecule has 1 N–H and O–H groups in total. The van der Waals surface area contributed by atoms with Crippen LogP contribution in [-0.4, -0.2) is 66.0 Å². The number of ether oxygens (including phenoxy) is 2. The van der Waals surface area contributed by atoms with Gasteiger partial charge in [-0.25, -0.2) is 0 Å². The summed E-state index contributed by atoms with van der Waals surface area (Å²) in [5.41, 5.74) is 0. The summed E-state index contributed by atoms with van der Waals surface area (Å²) in [5, 5.41) is 13.8. The Hall–Kier alpha value is -1.77. The fourth-order valence-electron chi connectivity index (χ4n) is 3.04. The predicted molar refractivity (Wildman–Crippen MR) is 77.9 cm³/mol. The van der Waals surface area contributed by atoms with Gasteiger partial charge in [0, 0.05) is 39.1 Å². The van der Waals surface area contributed by atoms with E-state index in [-0.39, 0.29) is 0 Å². The van der Waals surface area contributed by atoms with Crippen LogP contribution in [0.2, 0.25) is 0 Å². The first kappa shape index (κ1) is 15.1. The number of hydrogen-bond donors (Lipinski definition) is 1. The molecule has 1 saturated heterocycles. The number of nitrogens with one attached hydrogen (secondary N) is 1. The number of nitrogens with zero attached hydrogens (tertiary/aromatic N) is 4. The molecule has 1 aliphatic rings. The van der Waals surface area contributed by atoms with E-state index in [1.54, 1.807) is 14.2 Å². The Labute approximate surface area is 128 Å². The van der Waals surface area contributed by atoms with Crippen molar-refractivity contribution < 1.29 is 13.9 Å². The van der Waals surface area contributed by atoms with E-state index in [4.69, 9.17) is 13.9 Å². The van der Waals surface area contributed by atoms with Gasteiger partial charge in [-0.3, -0.25) is 4.90 Å². The van der Waals surface area contributed by atoms with Crippen molar-refractivity contribution in [1.82, 2.24) is 25.5 Å². The summed E-state index contributed by atoms with van der Waals surface area (Å²) in [5.74, 6) is 2.99. The van der Waals surface area contributed by atoms with Crippen LogP contribution < -0.4 is 0 Å². The summed E-state index contributed by atoms with van der Waals surface area (Å²) in [7, 11) is 3.49. The van der Waals surface area contributed by atoms with E-state index < -0.39 is 0 Å². The molecule has 0 spiro atoms. The molecule has 8 heteroatoms. The van der Waals surface area contributed by atoms with E-state index >= 15 is 0 Å². The van der Waals surface area contributed by atoms with Crippen molar-refractivity contribution in [2.75, 3.05) is 40.5 Å². The molecule has 0 amide bonds. The number of hydrogen-bond acceptors (Lipinski definition) is 7. The third kappa shape index (κ3) is 3.34. The highest BCUT2D eigenvalue weighted by molar-refractivity contribution is 5.45. The summed E-state index contributed by atoms with van der Waals surface area (Å²) in [6.45, 7) is 4.26. The Morgan fingerprint density at radius 1 is 1.23 bits per heavy atom. The Balaban J connectivity index is 1.61. The maximum absolute atomic E-state index is 5.79. The zero-order valence-corrected chi connectivity index (χ0v) is 12.9. The van der Waals surface area contributed by atoms with Crippen molar-refractivity contribution in [1.29, 1.82) is 0 Å². The van der Waals surface area contributed by atoms with E-state index in [0.717, 1.165) is 38.6 Å². The quantitative estimate of drug-likeness (QED) is 0.809. The molecule has 3 heterocycles. The van der Waals surface area contributed by atoms with Crippen molar-refractivity contribution in [3.8, 4) is 11.6 Å². The Morgan fingerprint density at radius 3 is 2.55 bits per heavy atom. The van der Waals surface area contributed by atoms with Crippen LogP contribution in [0.4, 0.5) is 0 Å². The molecule has 0 bridgehead atoms. The van der Waals surface area contributed by atoms with E-state index in [1.807, 2.05) is 12.1 Å². The van der Waals surface area contributed by atoms with Crippen LogP contribution in [0.1, 0.15) is 5.76 Å². The normalized spacial score (nSPS) is 22.5. The van der Waals surface area contributed by atoms with Gasteiger partial charge in [0.2, 0.25) is 5.82 Å². The first-order chi connectivity index (χ1) is 10.8. The highest BCUT2D eigenvalue weighted by Crippen LogP contribution is 2.26. The molecule has 1 aliphatic heterocycles. The van der Waals surface area contributed by atoms with Gasteiger partial charge in [0.15, 0.2) is 5.76 Å². The summed E-state index contributed by atoms with van der Waals surface area (Å²) in [4.78, 5) is 2.37. The number of aromatic amines is 1. The number of rotatable bonds is 7. The van der Waals surface area contributed by atoms with Gasteiger partial charge in [0.1, 0.15) is 5.76 Å². The lowest BCUT2D eigenvalue weighted by atomic mass is 9.98. The summed E-state index contributed by atoms with van der Waals surface area (Å²) in [6.07, 6.45) is 0. The smallest absolute Gasteiger partial charge is 0.239 e. The Morgan fingerprint density at radius 2 is 1.95 bits per heavy atom. The zero-order valence-electron chi connectivity index (χ0n) is 12.9. The van der Waals surface area contributed by atoms with Gasteiger partial charge in [-0.05, 0) is 17.3 Å². The second-order valence-electron chi connectivity index (χ2n) is 5.63. The molecule has 3 rings (SSSR count). The summed E-state index contributed by atoms with van der Waals surface area (Å²) < 4.78 is 16.4. The molecule has 120 valence electrons. The largest absolute Gasteiger partial charge is 0.456 e. The molecule has 8 nitrogen and oxygen atoms in total. The molecule has 1 fully saturated rings. The average molecular weight is 307 g/mol. The predicted octanol–water partition coefficient (Wildman–Crippen LogP) is 0.800. The monoisotopic (exact) mass is 307 g/mol. The number of aromatic nitrogens is 4. The maximum atomic E-state index is 5.79. The SMILES string of the molecule is COC[C@@H]1CN(Cc2ccc(-c3nn[nH]n3)o2)C[C@@H]1COC. The first-order valence-corrected chi connectivity index (χ1v) is 7.33. The van der Waals surface area contributed by atoms with Gasteiger partial charge >= 0.3 is 0 Å². The Bertz CT molecular complexity index is 557. The molecule has 0 aromatic carbocycles. The van der Waals surface area contributed by atoms with Crippen molar-refractivity contribution >= 4 is 0 Å². The summed E-state index contributed by atoms with van der Waals surface area (Å²) in [6, 6.07) is 3.83. The van der Waals surface area contributed by atoms with E-state index in [9.17, 15) is 0 Å². The molecular formula is C14H21N5O3. The molecule has 22 heavy (non-hydrogen) atoms. The third-order valence-corrected chi connectivity index (χ3v) is 4.02. The number of likely N-dealkylation sites (tertiary alicyclic amines) is 1. The van der Waals surface area contributed by atoms with Crippen LogP contribution in [0.15, 0.2) is 16.5 Å². The van der Waals surface area contributed by atoms with Crippen LogP contribution in [0.3, 0.4) is 0 Å². The molecular weight excluding hydrogens is 286 g/mol. The lowest BCUT2D eigenvalue weighted by molar-refractivity contribution is 0.0937. The standard InChI is InChI=1S/C14H21N5O3/c1-20-8-10-5-19(6-11(10)9-21-2)7-12-3-4-13(22-12)14-15-17-18-16-14/h3-4,10-11H,5-9H2,1-2H3,(H,15,16,17,18)/t10-,11+. The van der Waals surface area contributed by atoms with E-state index in [1.165, 1.54) is 0 Å². The second kappa shape index (κ2) is 6.99. The number of H-pyrrole nitrogens is 1. The van der Waals surface area contributed by atoms with Crippen molar-refractivity contribution in [2.45, 2.75) is 6.54 Å². The molecule has 0 unspecified atom stereocenters. The maximum Gasteiger partial charge on any atom is 0.239 e. The third-order valence-electron chi connectivity index (χ3n) is 4.02. The topological polar surface area (TPSA) is 89.3 Å². The van der Waals surface area contributed by atoms with E-state index in [0.29, 0.717) is 23.4 Å². The zero-order chi connectivity index (χ0) is 15.4. The van der Waals surface area contributed by atoms with Gasteiger partial charge in [-0.15, -0.1) is 10.2 Å². The molecule has 2 aromatic rings. The molecule has 2 aromatic heterocycles. The van der Waals surface area contributed by atoms with Crippen LogP contribution in [0.5, 0.6) is 0 Å². The average Bonchev–Trinajstić information content (AvgIpc) is 3.22. The molecule has 2 atom stereocenters. The van der Waals surface area contributed by atoms with E-state index in [2.05, 4.69) is 25.5 Å². The van der Waals surface area contributed by atoms with Crippen LogP contribution >= 0.6 is 0 Å². The van der Waals surface area contributed by atoms with Gasteiger partial charge in [-0.2, -0.15) is 5.21 Å². The van der Waals surface area contributed by atoms with Gasteiger partial charge in [-0.1, -0.05) is 0 Å². The minimum absolute atomic E-state index is 0.474. The van der Waals surface area contributed by atoms with Gasteiger partial charge in [0.25, 0.3) is 0 Å². The molecule has 0 radical (unpaired) electrons. The van der Waals surface area contributed by atoms with Crippen molar-refractivity contribution in [3.05, 3.63) is 17.9 Å². The Kier molecular flexibility index (Phi) is 4.81. The number of methoxy groups -OCH3 is 2. The van der Waals surface area contributed by atoms with Crippen molar-refractivity contribution in [2.24, 2.45) is 11.8 Å². The second-order valence-corrected chi connectivity index (χ2v) is 5.63. The van der Waals surface area contributed by atoms with Crippen molar-refractivity contribution in [3.63, 3.8) is 0 Å². The van der Waals surface area contributed by atoms with Gasteiger partial charge < -0.3 is 13.9 Å². The highest BCUT2D eigenvalue weighted by atomic mass is 16.5. The number of furan rings is 1. The minimum Gasteiger partial charge on any atom is -0.456 e. The first-order valence-electron chi connectivity index (χ1n) is 7.33. The van der Waals surface area contributed by atoms with Crippen LogP contribution in [0, 0.1) is 11.8 Å². The lowest BCUT2D eigenvalue weighted by Gasteiger charge is -2.15. The van der Waals surface area contributed by atoms with Crippen LogP contribution in [0.25, 0.3) is 11.6 Å². The van der Waals surface area contributed by atoms with Gasteiger partial charge in [0.05, 0.1) is 19.8 Å². The molecule has 0 aliphatic carbocycles. The fourth-order valence-corrected chi connectivity index (χ4v) is 3.04. The number of tetrazole rings is 1. The highest BCUT2D eigenvalue weighted by Gasteiger charge is 2.33. The van der Waals surface area contributed by atoms with Crippen LogP contribution in [-0.2, 0) is 16.0 Å².